The first-order chi connectivity index (χ1) is 9.13. The molecular weight excluding hydrogens is 240 g/mol. The number of carbonyl (C=O) groups is 1. The Hall–Kier alpha value is -1.71. The molecule has 0 aliphatic carbocycles. The minimum Gasteiger partial charge on any atom is -0.464 e. The Morgan fingerprint density at radius 3 is 2.63 bits per heavy atom. The van der Waals surface area contributed by atoms with E-state index in [0.29, 0.717) is 12.3 Å². The van der Waals surface area contributed by atoms with Gasteiger partial charge < -0.3 is 15.4 Å². The van der Waals surface area contributed by atoms with Gasteiger partial charge in [-0.1, -0.05) is 19.4 Å². The molecule has 1 aromatic carbocycles. The van der Waals surface area contributed by atoms with E-state index in [1.807, 2.05) is 38.1 Å². The maximum atomic E-state index is 12.1. The Morgan fingerprint density at radius 1 is 1.37 bits per heavy atom. The second kappa shape index (κ2) is 7.67. The highest BCUT2D eigenvalue weighted by molar-refractivity contribution is 5.80. The summed E-state index contributed by atoms with van der Waals surface area (Å²) in [4.78, 5) is 14.2. The third-order valence-electron chi connectivity index (χ3n) is 3.04. The molecule has 0 amide bonds. The van der Waals surface area contributed by atoms with Gasteiger partial charge in [0.25, 0.3) is 0 Å². The van der Waals surface area contributed by atoms with Crippen molar-refractivity contribution in [1.82, 2.24) is 0 Å². The number of anilines is 2. The van der Waals surface area contributed by atoms with Crippen LogP contribution in [0.1, 0.15) is 33.6 Å². The average molecular weight is 264 g/mol. The first kappa shape index (κ1) is 15.3. The Kier molecular flexibility index (Phi) is 6.19. The average Bonchev–Trinajstić information content (AvgIpc) is 2.39. The highest BCUT2D eigenvalue weighted by atomic mass is 16.5. The van der Waals surface area contributed by atoms with Crippen molar-refractivity contribution < 1.29 is 9.53 Å². The second-order valence-electron chi connectivity index (χ2n) is 4.44. The van der Waals surface area contributed by atoms with E-state index in [9.17, 15) is 4.79 Å². The van der Waals surface area contributed by atoms with Crippen LogP contribution in [0.2, 0.25) is 0 Å². The highest BCUT2D eigenvalue weighted by Gasteiger charge is 2.25. The zero-order chi connectivity index (χ0) is 14.3. The predicted molar refractivity (Wildman–Crippen MR) is 79.2 cm³/mol. The number of rotatable bonds is 7. The fourth-order valence-electron chi connectivity index (χ4n) is 2.20. The van der Waals surface area contributed by atoms with Crippen molar-refractivity contribution in [3.8, 4) is 0 Å². The normalized spacial score (nSPS) is 11.9. The largest absolute Gasteiger partial charge is 0.464 e. The molecule has 0 radical (unpaired) electrons. The van der Waals surface area contributed by atoms with Crippen LogP contribution in [0.5, 0.6) is 0 Å². The molecule has 1 rings (SSSR count). The molecule has 1 unspecified atom stereocenters. The van der Waals surface area contributed by atoms with Crippen molar-refractivity contribution in [2.45, 2.75) is 39.7 Å². The first-order valence-electron chi connectivity index (χ1n) is 6.92. The summed E-state index contributed by atoms with van der Waals surface area (Å²) in [5.74, 6) is -0.159. The lowest BCUT2D eigenvalue weighted by Gasteiger charge is -2.31. The van der Waals surface area contributed by atoms with Crippen molar-refractivity contribution in [1.29, 1.82) is 0 Å². The molecule has 1 atom stereocenters. The zero-order valence-electron chi connectivity index (χ0n) is 12.1. The van der Waals surface area contributed by atoms with Crippen LogP contribution in [-0.2, 0) is 9.53 Å². The summed E-state index contributed by atoms with van der Waals surface area (Å²) in [7, 11) is 0. The van der Waals surface area contributed by atoms with E-state index in [1.165, 1.54) is 0 Å². The van der Waals surface area contributed by atoms with Crippen molar-refractivity contribution in [3.05, 3.63) is 24.3 Å². The SMILES string of the molecule is CCCC(C(=O)OCC)N(CC)c1cccc(N)c1. The Balaban J connectivity index is 2.98. The molecule has 0 saturated carbocycles. The van der Waals surface area contributed by atoms with E-state index in [1.54, 1.807) is 0 Å². The van der Waals surface area contributed by atoms with Gasteiger partial charge in [0.1, 0.15) is 6.04 Å². The number of ether oxygens (including phenoxy) is 1. The van der Waals surface area contributed by atoms with Gasteiger partial charge in [-0.3, -0.25) is 0 Å². The van der Waals surface area contributed by atoms with E-state index in [0.717, 1.165) is 25.1 Å². The van der Waals surface area contributed by atoms with Gasteiger partial charge in [0.05, 0.1) is 6.61 Å². The fraction of sp³-hybridized carbons (Fsp3) is 0.533. The molecule has 0 aromatic heterocycles. The summed E-state index contributed by atoms with van der Waals surface area (Å²) < 4.78 is 5.18. The van der Waals surface area contributed by atoms with Crippen molar-refractivity contribution in [3.63, 3.8) is 0 Å². The molecule has 0 heterocycles. The van der Waals surface area contributed by atoms with Crippen molar-refractivity contribution in [2.75, 3.05) is 23.8 Å². The predicted octanol–water partition coefficient (Wildman–Crippen LogP) is 2.83. The quantitative estimate of drug-likeness (QED) is 0.608. The maximum absolute atomic E-state index is 12.1. The molecule has 0 bridgehead atoms. The monoisotopic (exact) mass is 264 g/mol. The molecule has 0 spiro atoms. The molecule has 4 nitrogen and oxygen atoms in total. The number of hydrogen-bond acceptors (Lipinski definition) is 4. The molecule has 106 valence electrons. The molecule has 2 N–H and O–H groups in total. The molecule has 0 saturated heterocycles. The van der Waals surface area contributed by atoms with Crippen LogP contribution >= 0.6 is 0 Å². The van der Waals surface area contributed by atoms with Gasteiger partial charge in [0.2, 0.25) is 0 Å². The number of hydrogen-bond donors (Lipinski definition) is 1. The first-order valence-corrected chi connectivity index (χ1v) is 6.92. The van der Waals surface area contributed by atoms with Gasteiger partial charge in [0.15, 0.2) is 0 Å². The summed E-state index contributed by atoms with van der Waals surface area (Å²) in [5.41, 5.74) is 7.49. The number of nitrogen functional groups attached to an aromatic ring is 1. The van der Waals surface area contributed by atoms with Gasteiger partial charge in [-0.25, -0.2) is 4.79 Å². The molecular formula is C15H24N2O2. The Morgan fingerprint density at radius 2 is 2.11 bits per heavy atom. The molecule has 4 heteroatoms. The van der Waals surface area contributed by atoms with Gasteiger partial charge >= 0.3 is 5.97 Å². The standard InChI is InChI=1S/C15H24N2O2/c1-4-8-14(15(18)19-6-3)17(5-2)13-10-7-9-12(16)11-13/h7,9-11,14H,4-6,8,16H2,1-3H3. The maximum Gasteiger partial charge on any atom is 0.328 e. The van der Waals surface area contributed by atoms with E-state index in [4.69, 9.17) is 10.5 Å². The Labute approximate surface area is 115 Å². The summed E-state index contributed by atoms with van der Waals surface area (Å²) >= 11 is 0. The van der Waals surface area contributed by atoms with Crippen molar-refractivity contribution >= 4 is 17.3 Å². The van der Waals surface area contributed by atoms with Crippen LogP contribution in [0.4, 0.5) is 11.4 Å². The topological polar surface area (TPSA) is 55.6 Å². The van der Waals surface area contributed by atoms with Crippen LogP contribution in [0.3, 0.4) is 0 Å². The highest BCUT2D eigenvalue weighted by Crippen LogP contribution is 2.22. The minimum atomic E-state index is -0.239. The lowest BCUT2D eigenvalue weighted by atomic mass is 10.1. The van der Waals surface area contributed by atoms with Crippen LogP contribution in [-0.4, -0.2) is 25.2 Å². The third kappa shape index (κ3) is 4.16. The fourth-order valence-corrected chi connectivity index (χ4v) is 2.20. The molecule has 19 heavy (non-hydrogen) atoms. The van der Waals surface area contributed by atoms with E-state index >= 15 is 0 Å². The summed E-state index contributed by atoms with van der Waals surface area (Å²) in [6.45, 7) is 7.09. The van der Waals surface area contributed by atoms with E-state index in [-0.39, 0.29) is 12.0 Å². The zero-order valence-corrected chi connectivity index (χ0v) is 12.1. The molecule has 0 fully saturated rings. The Bertz CT molecular complexity index is 407. The number of carbonyl (C=O) groups excluding carboxylic acids is 1. The van der Waals surface area contributed by atoms with Gasteiger partial charge in [0, 0.05) is 17.9 Å². The smallest absolute Gasteiger partial charge is 0.328 e. The van der Waals surface area contributed by atoms with Gasteiger partial charge in [-0.15, -0.1) is 0 Å². The minimum absolute atomic E-state index is 0.159. The molecule has 0 aliphatic rings. The number of nitrogens with two attached hydrogens (primary N) is 1. The van der Waals surface area contributed by atoms with Crippen LogP contribution in [0, 0.1) is 0 Å². The van der Waals surface area contributed by atoms with Gasteiger partial charge in [-0.2, -0.15) is 0 Å². The summed E-state index contributed by atoms with van der Waals surface area (Å²) in [5, 5.41) is 0. The van der Waals surface area contributed by atoms with Crippen LogP contribution in [0.25, 0.3) is 0 Å². The number of nitrogens with zero attached hydrogens (tertiary/aromatic N) is 1. The third-order valence-corrected chi connectivity index (χ3v) is 3.04. The summed E-state index contributed by atoms with van der Waals surface area (Å²) in [6, 6.07) is 7.38. The molecule has 1 aromatic rings. The number of esters is 1. The van der Waals surface area contributed by atoms with Crippen LogP contribution in [0.15, 0.2) is 24.3 Å². The summed E-state index contributed by atoms with van der Waals surface area (Å²) in [6.07, 6.45) is 1.71. The number of likely N-dealkylation sites (N-methyl/N-ethyl adjacent to an activating group) is 1. The number of benzene rings is 1. The van der Waals surface area contributed by atoms with E-state index < -0.39 is 0 Å². The second-order valence-corrected chi connectivity index (χ2v) is 4.44. The van der Waals surface area contributed by atoms with E-state index in [2.05, 4.69) is 11.8 Å². The van der Waals surface area contributed by atoms with Gasteiger partial charge in [-0.05, 0) is 38.5 Å². The lowest BCUT2D eigenvalue weighted by Crippen LogP contribution is -2.42. The molecule has 0 aliphatic heterocycles. The van der Waals surface area contributed by atoms with Crippen molar-refractivity contribution in [2.24, 2.45) is 0 Å². The lowest BCUT2D eigenvalue weighted by molar-refractivity contribution is -0.144. The van der Waals surface area contributed by atoms with Crippen LogP contribution < -0.4 is 10.6 Å².